The van der Waals surface area contributed by atoms with E-state index in [0.29, 0.717) is 11.4 Å². The minimum absolute atomic E-state index is 0.151. The van der Waals surface area contributed by atoms with Crippen molar-refractivity contribution in [3.05, 3.63) is 188 Å². The zero-order chi connectivity index (χ0) is 36.2. The number of halogens is 2. The molecule has 0 saturated carbocycles. The van der Waals surface area contributed by atoms with E-state index in [1.165, 1.54) is 18.2 Å². The van der Waals surface area contributed by atoms with Crippen LogP contribution in [0.25, 0.3) is 94.8 Å². The maximum atomic E-state index is 15.0. The molecule has 0 spiro atoms. The molecular formula is C48H29F2N3O. The molecule has 0 amide bonds. The first-order chi connectivity index (χ1) is 26.6. The van der Waals surface area contributed by atoms with Crippen LogP contribution in [0.2, 0.25) is 0 Å². The van der Waals surface area contributed by atoms with Gasteiger partial charge < -0.3 is 4.42 Å². The second-order valence-electron chi connectivity index (χ2n) is 13.2. The number of fused-ring (bicyclic) bond motifs is 4. The van der Waals surface area contributed by atoms with Gasteiger partial charge in [0.1, 0.15) is 23.0 Å². The number of pyridine rings is 1. The van der Waals surface area contributed by atoms with Gasteiger partial charge in [-0.25, -0.2) is 18.7 Å². The summed E-state index contributed by atoms with van der Waals surface area (Å²) in [6.07, 6.45) is 0. The Hall–Kier alpha value is -7.18. The van der Waals surface area contributed by atoms with Crippen LogP contribution in [0, 0.1) is 11.6 Å². The fraction of sp³-hybridized carbons (Fsp3) is 0. The van der Waals surface area contributed by atoms with Gasteiger partial charge in [0, 0.05) is 16.3 Å². The van der Waals surface area contributed by atoms with Crippen molar-refractivity contribution in [3.63, 3.8) is 0 Å². The van der Waals surface area contributed by atoms with E-state index in [0.717, 1.165) is 66.4 Å². The molecule has 0 N–H and O–H groups in total. The number of hydrogen-bond donors (Lipinski definition) is 0. The van der Waals surface area contributed by atoms with Crippen LogP contribution in [0.15, 0.2) is 180 Å². The van der Waals surface area contributed by atoms with Crippen molar-refractivity contribution >= 4 is 33.1 Å². The van der Waals surface area contributed by atoms with Crippen LogP contribution < -0.4 is 0 Å². The lowest BCUT2D eigenvalue weighted by molar-refractivity contribution is 0.588. The molecule has 0 unspecified atom stereocenters. The van der Waals surface area contributed by atoms with Crippen molar-refractivity contribution in [1.82, 2.24) is 14.5 Å². The van der Waals surface area contributed by atoms with Crippen molar-refractivity contribution in [1.29, 1.82) is 0 Å². The third kappa shape index (κ3) is 5.19. The normalized spacial score (nSPS) is 11.5. The maximum Gasteiger partial charge on any atom is 0.227 e. The molecule has 6 heteroatoms. The first-order valence-electron chi connectivity index (χ1n) is 17.7. The number of para-hydroxylation sites is 2. The van der Waals surface area contributed by atoms with Crippen LogP contribution in [0.3, 0.4) is 0 Å². The van der Waals surface area contributed by atoms with Gasteiger partial charge in [0.25, 0.3) is 0 Å². The predicted octanol–water partition coefficient (Wildman–Crippen LogP) is 12.9. The van der Waals surface area contributed by atoms with Gasteiger partial charge in [-0.15, -0.1) is 0 Å². The van der Waals surface area contributed by atoms with E-state index in [1.54, 1.807) is 6.07 Å². The molecule has 0 saturated heterocycles. The van der Waals surface area contributed by atoms with Crippen LogP contribution in [-0.4, -0.2) is 14.5 Å². The van der Waals surface area contributed by atoms with E-state index in [4.69, 9.17) is 14.4 Å². The molecule has 0 fully saturated rings. The third-order valence-corrected chi connectivity index (χ3v) is 10.0. The van der Waals surface area contributed by atoms with Gasteiger partial charge >= 0.3 is 0 Å². The molecule has 4 nitrogen and oxygen atoms in total. The molecule has 0 aliphatic rings. The summed E-state index contributed by atoms with van der Waals surface area (Å²) < 4.78 is 38.9. The molecule has 256 valence electrons. The first-order valence-corrected chi connectivity index (χ1v) is 17.7. The summed E-state index contributed by atoms with van der Waals surface area (Å²) in [6.45, 7) is 0. The topological polar surface area (TPSA) is 43.9 Å². The Kier molecular flexibility index (Phi) is 7.47. The van der Waals surface area contributed by atoms with Crippen molar-refractivity contribution in [2.45, 2.75) is 0 Å². The van der Waals surface area contributed by atoms with Crippen LogP contribution in [0.4, 0.5) is 8.78 Å². The number of furan rings is 1. The van der Waals surface area contributed by atoms with E-state index < -0.39 is 11.6 Å². The summed E-state index contributed by atoms with van der Waals surface area (Å²) in [5.74, 6) is -0.695. The summed E-state index contributed by atoms with van der Waals surface area (Å²) in [5.41, 5.74) is 10.5. The molecule has 7 aromatic carbocycles. The Morgan fingerprint density at radius 3 is 1.83 bits per heavy atom. The molecule has 10 rings (SSSR count). The average Bonchev–Trinajstić information content (AvgIpc) is 3.80. The predicted molar refractivity (Wildman–Crippen MR) is 213 cm³/mol. The van der Waals surface area contributed by atoms with Gasteiger partial charge in [-0.05, 0) is 82.4 Å². The Bertz CT molecular complexity index is 2990. The van der Waals surface area contributed by atoms with Crippen molar-refractivity contribution in [2.75, 3.05) is 0 Å². The van der Waals surface area contributed by atoms with Crippen LogP contribution in [0.5, 0.6) is 0 Å². The molecule has 10 aromatic rings. The largest absolute Gasteiger partial charge is 0.437 e. The lowest BCUT2D eigenvalue weighted by atomic mass is 9.96. The Morgan fingerprint density at radius 1 is 0.481 bits per heavy atom. The lowest BCUT2D eigenvalue weighted by Crippen LogP contribution is -2.01. The molecular weight excluding hydrogens is 673 g/mol. The van der Waals surface area contributed by atoms with E-state index >= 15 is 0 Å². The Morgan fingerprint density at radius 2 is 1.11 bits per heavy atom. The summed E-state index contributed by atoms with van der Waals surface area (Å²) >= 11 is 0. The Labute approximate surface area is 309 Å². The monoisotopic (exact) mass is 701 g/mol. The van der Waals surface area contributed by atoms with E-state index in [-0.39, 0.29) is 17.0 Å². The summed E-state index contributed by atoms with van der Waals surface area (Å²) in [7, 11) is 0. The standard InChI is InChI=1S/C48H29F2N3O/c49-38-19-12-20-39(50)45(38)41-27-26-35-44-34(31-15-6-2-7-16-31)24-25-36(46(44)54-48(35)52-41)47-51-40-21-10-11-22-43(40)53(47)42-28-23-33(30-13-4-1-5-14-30)29-37(42)32-17-8-3-9-18-32/h1-29H. The maximum absolute atomic E-state index is 15.0. The second-order valence-corrected chi connectivity index (χ2v) is 13.2. The fourth-order valence-electron chi connectivity index (χ4n) is 7.52. The molecule has 0 aliphatic carbocycles. The fourth-order valence-corrected chi connectivity index (χ4v) is 7.52. The van der Waals surface area contributed by atoms with E-state index in [9.17, 15) is 8.78 Å². The van der Waals surface area contributed by atoms with Crippen molar-refractivity contribution < 1.29 is 13.2 Å². The zero-order valence-electron chi connectivity index (χ0n) is 28.7. The molecule has 3 aromatic heterocycles. The van der Waals surface area contributed by atoms with Crippen LogP contribution in [-0.2, 0) is 0 Å². The van der Waals surface area contributed by atoms with Gasteiger partial charge in [0.2, 0.25) is 5.71 Å². The summed E-state index contributed by atoms with van der Waals surface area (Å²) in [5, 5.41) is 1.56. The highest BCUT2D eigenvalue weighted by atomic mass is 19.1. The zero-order valence-corrected chi connectivity index (χ0v) is 28.7. The summed E-state index contributed by atoms with van der Waals surface area (Å²) in [4.78, 5) is 9.98. The lowest BCUT2D eigenvalue weighted by Gasteiger charge is -2.17. The quantitative estimate of drug-likeness (QED) is 0.173. The first kappa shape index (κ1) is 31.5. The van der Waals surface area contributed by atoms with Gasteiger partial charge in [-0.2, -0.15) is 0 Å². The molecule has 54 heavy (non-hydrogen) atoms. The van der Waals surface area contributed by atoms with Crippen LogP contribution >= 0.6 is 0 Å². The number of rotatable bonds is 6. The molecule has 0 atom stereocenters. The van der Waals surface area contributed by atoms with Crippen molar-refractivity contribution in [2.24, 2.45) is 0 Å². The molecule has 0 radical (unpaired) electrons. The number of benzene rings is 7. The smallest absolute Gasteiger partial charge is 0.227 e. The highest BCUT2D eigenvalue weighted by molar-refractivity contribution is 6.15. The second kappa shape index (κ2) is 12.8. The average molecular weight is 702 g/mol. The summed E-state index contributed by atoms with van der Waals surface area (Å²) in [6, 6.07) is 56.9. The van der Waals surface area contributed by atoms with Gasteiger partial charge in [-0.3, -0.25) is 4.57 Å². The minimum atomic E-state index is -0.690. The third-order valence-electron chi connectivity index (χ3n) is 10.0. The number of hydrogen-bond acceptors (Lipinski definition) is 3. The van der Waals surface area contributed by atoms with E-state index in [2.05, 4.69) is 95.6 Å². The van der Waals surface area contributed by atoms with E-state index in [1.807, 2.05) is 60.7 Å². The molecule has 3 heterocycles. The molecule has 0 bridgehead atoms. The number of nitrogens with zero attached hydrogens (tertiary/aromatic N) is 3. The SMILES string of the molecule is Fc1cccc(F)c1-c1ccc2c(n1)oc1c(-c3nc4ccccc4n3-c3ccc(-c4ccccc4)cc3-c3ccccc3)ccc(-c3ccccc3)c12. The van der Waals surface area contributed by atoms with Crippen molar-refractivity contribution in [3.8, 4) is 61.7 Å². The highest BCUT2D eigenvalue weighted by Crippen LogP contribution is 2.44. The van der Waals surface area contributed by atoms with Gasteiger partial charge in [0.05, 0.1) is 33.5 Å². The number of aromatic nitrogens is 3. The Balaban J connectivity index is 1.27. The molecule has 0 aliphatic heterocycles. The highest BCUT2D eigenvalue weighted by Gasteiger charge is 2.25. The van der Waals surface area contributed by atoms with Crippen LogP contribution in [0.1, 0.15) is 0 Å². The minimum Gasteiger partial charge on any atom is -0.437 e. The number of imidazole rings is 1. The van der Waals surface area contributed by atoms with Gasteiger partial charge in [0.15, 0.2) is 0 Å². The van der Waals surface area contributed by atoms with Gasteiger partial charge in [-0.1, -0.05) is 121 Å².